The first-order valence-corrected chi connectivity index (χ1v) is 6.90. The maximum atomic E-state index is 11.6. The molecule has 1 fully saturated rings. The maximum Gasteiger partial charge on any atom is 0.296 e. The zero-order chi connectivity index (χ0) is 13.4. The molecule has 4 heteroatoms. The molecule has 2 aliphatic rings. The van der Waals surface area contributed by atoms with Gasteiger partial charge in [0.05, 0.1) is 11.3 Å². The van der Waals surface area contributed by atoms with Gasteiger partial charge in [0.1, 0.15) is 0 Å². The van der Waals surface area contributed by atoms with Gasteiger partial charge in [-0.3, -0.25) is 9.59 Å². The number of nitrogens with zero attached hydrogens (tertiary/aromatic N) is 1. The first-order chi connectivity index (χ1) is 9.15. The SMILES string of the molecule is CC1CCCN(c2ccc3c(c2)NC(=O)C3=O)CC1. The number of fused-ring (bicyclic) bond motifs is 1. The number of carbonyl (C=O) groups excluding carboxylic acids is 2. The van der Waals surface area contributed by atoms with Crippen molar-refractivity contribution in [2.24, 2.45) is 5.92 Å². The fraction of sp³-hybridized carbons (Fsp3) is 0.467. The van der Waals surface area contributed by atoms with Crippen molar-refractivity contribution in [3.63, 3.8) is 0 Å². The predicted molar refractivity (Wildman–Crippen MR) is 74.6 cm³/mol. The third-order valence-corrected chi connectivity index (χ3v) is 4.08. The summed E-state index contributed by atoms with van der Waals surface area (Å²) in [4.78, 5) is 25.2. The highest BCUT2D eigenvalue weighted by atomic mass is 16.2. The van der Waals surface area contributed by atoms with Gasteiger partial charge in [-0.1, -0.05) is 6.92 Å². The van der Waals surface area contributed by atoms with Gasteiger partial charge in [-0.25, -0.2) is 0 Å². The van der Waals surface area contributed by atoms with Crippen LogP contribution in [0.4, 0.5) is 11.4 Å². The van der Waals surface area contributed by atoms with Gasteiger partial charge < -0.3 is 10.2 Å². The van der Waals surface area contributed by atoms with Gasteiger partial charge in [0.25, 0.3) is 11.7 Å². The molecule has 1 atom stereocenters. The molecule has 0 radical (unpaired) electrons. The van der Waals surface area contributed by atoms with Crippen molar-refractivity contribution in [3.05, 3.63) is 23.8 Å². The van der Waals surface area contributed by atoms with E-state index in [9.17, 15) is 9.59 Å². The number of benzene rings is 1. The minimum absolute atomic E-state index is 0.425. The Morgan fingerprint density at radius 2 is 2.05 bits per heavy atom. The Kier molecular flexibility index (Phi) is 3.01. The lowest BCUT2D eigenvalue weighted by atomic mass is 10.0. The average Bonchev–Trinajstić information content (AvgIpc) is 2.57. The third kappa shape index (κ3) is 2.23. The normalized spacial score (nSPS) is 23.0. The minimum Gasteiger partial charge on any atom is -0.371 e. The zero-order valence-electron chi connectivity index (χ0n) is 11.1. The van der Waals surface area contributed by atoms with E-state index in [1.54, 1.807) is 6.07 Å². The number of rotatable bonds is 1. The molecule has 1 aromatic carbocycles. The summed E-state index contributed by atoms with van der Waals surface area (Å²) < 4.78 is 0. The van der Waals surface area contributed by atoms with Crippen molar-refractivity contribution in [2.45, 2.75) is 26.2 Å². The number of Topliss-reactive ketones (excluding diaryl/α,β-unsaturated/α-hetero) is 1. The molecule has 0 aliphatic carbocycles. The van der Waals surface area contributed by atoms with Crippen LogP contribution in [0.3, 0.4) is 0 Å². The van der Waals surface area contributed by atoms with Crippen molar-refractivity contribution >= 4 is 23.1 Å². The van der Waals surface area contributed by atoms with E-state index in [0.717, 1.165) is 24.7 Å². The van der Waals surface area contributed by atoms with E-state index >= 15 is 0 Å². The highest BCUT2D eigenvalue weighted by Gasteiger charge is 2.28. The molecule has 1 N–H and O–H groups in total. The lowest BCUT2D eigenvalue weighted by molar-refractivity contribution is -0.112. The molecule has 1 unspecified atom stereocenters. The van der Waals surface area contributed by atoms with Gasteiger partial charge in [-0.2, -0.15) is 0 Å². The molecule has 1 amide bonds. The van der Waals surface area contributed by atoms with Crippen molar-refractivity contribution in [2.75, 3.05) is 23.3 Å². The quantitative estimate of drug-likeness (QED) is 0.787. The minimum atomic E-state index is -0.517. The topological polar surface area (TPSA) is 49.4 Å². The summed E-state index contributed by atoms with van der Waals surface area (Å²) in [6, 6.07) is 5.64. The Morgan fingerprint density at radius 1 is 1.21 bits per heavy atom. The van der Waals surface area contributed by atoms with E-state index < -0.39 is 11.7 Å². The smallest absolute Gasteiger partial charge is 0.296 e. The number of amides is 1. The van der Waals surface area contributed by atoms with Crippen molar-refractivity contribution in [1.82, 2.24) is 0 Å². The predicted octanol–water partition coefficient (Wildman–Crippen LogP) is 2.45. The second-order valence-electron chi connectivity index (χ2n) is 5.54. The Morgan fingerprint density at radius 3 is 2.89 bits per heavy atom. The van der Waals surface area contributed by atoms with Crippen LogP contribution in [0, 0.1) is 5.92 Å². The molecule has 0 bridgehead atoms. The van der Waals surface area contributed by atoms with Gasteiger partial charge >= 0.3 is 0 Å². The van der Waals surface area contributed by atoms with Crippen LogP contribution in [0.2, 0.25) is 0 Å². The Balaban J connectivity index is 1.85. The highest BCUT2D eigenvalue weighted by molar-refractivity contribution is 6.51. The third-order valence-electron chi connectivity index (χ3n) is 4.08. The first kappa shape index (κ1) is 12.2. The molecule has 0 saturated carbocycles. The second-order valence-corrected chi connectivity index (χ2v) is 5.54. The number of nitrogens with one attached hydrogen (secondary N) is 1. The summed E-state index contributed by atoms with van der Waals surface area (Å²) in [5.41, 5.74) is 2.25. The van der Waals surface area contributed by atoms with E-state index in [-0.39, 0.29) is 0 Å². The molecule has 0 aromatic heterocycles. The fourth-order valence-corrected chi connectivity index (χ4v) is 2.85. The van der Waals surface area contributed by atoms with E-state index in [1.165, 1.54) is 19.3 Å². The van der Waals surface area contributed by atoms with Crippen LogP contribution in [0.15, 0.2) is 18.2 Å². The summed E-state index contributed by atoms with van der Waals surface area (Å²) in [5.74, 6) is -0.164. The second kappa shape index (κ2) is 4.68. The zero-order valence-corrected chi connectivity index (χ0v) is 11.1. The summed E-state index contributed by atoms with van der Waals surface area (Å²) in [7, 11) is 0. The Hall–Kier alpha value is -1.84. The van der Waals surface area contributed by atoms with Crippen LogP contribution >= 0.6 is 0 Å². The summed E-state index contributed by atoms with van der Waals surface area (Å²) >= 11 is 0. The van der Waals surface area contributed by atoms with Crippen molar-refractivity contribution < 1.29 is 9.59 Å². The molecular formula is C15H18N2O2. The summed E-state index contributed by atoms with van der Waals surface area (Å²) in [6.45, 7) is 4.39. The molecule has 100 valence electrons. The highest BCUT2D eigenvalue weighted by Crippen LogP contribution is 2.30. The lowest BCUT2D eigenvalue weighted by Crippen LogP contribution is -2.24. The number of ketones is 1. The molecule has 19 heavy (non-hydrogen) atoms. The van der Waals surface area contributed by atoms with Crippen molar-refractivity contribution in [3.8, 4) is 0 Å². The molecule has 3 rings (SSSR count). The molecule has 2 aliphatic heterocycles. The molecule has 4 nitrogen and oxygen atoms in total. The molecular weight excluding hydrogens is 240 g/mol. The van der Waals surface area contributed by atoms with E-state index in [1.807, 2.05) is 12.1 Å². The van der Waals surface area contributed by atoms with E-state index in [2.05, 4.69) is 17.1 Å². The van der Waals surface area contributed by atoms with Crippen LogP contribution in [0.5, 0.6) is 0 Å². The number of anilines is 2. The number of hydrogen-bond acceptors (Lipinski definition) is 3. The Labute approximate surface area is 112 Å². The summed E-state index contributed by atoms with van der Waals surface area (Å²) in [6.07, 6.45) is 3.67. The van der Waals surface area contributed by atoms with E-state index in [4.69, 9.17) is 0 Å². The average molecular weight is 258 g/mol. The van der Waals surface area contributed by atoms with Crippen molar-refractivity contribution in [1.29, 1.82) is 0 Å². The molecule has 1 saturated heterocycles. The maximum absolute atomic E-state index is 11.6. The van der Waals surface area contributed by atoms with Gasteiger partial charge in [-0.15, -0.1) is 0 Å². The largest absolute Gasteiger partial charge is 0.371 e. The van der Waals surface area contributed by atoms with Crippen LogP contribution in [-0.2, 0) is 4.79 Å². The van der Waals surface area contributed by atoms with Gasteiger partial charge in [0, 0.05) is 18.8 Å². The van der Waals surface area contributed by atoms with Gasteiger partial charge in [-0.05, 0) is 43.4 Å². The standard InChI is InChI=1S/C15H18N2O2/c1-10-3-2-7-17(8-6-10)11-4-5-12-13(9-11)16-15(19)14(12)18/h4-5,9-10H,2-3,6-8H2,1H3,(H,16,18,19). The fourth-order valence-electron chi connectivity index (χ4n) is 2.85. The summed E-state index contributed by atoms with van der Waals surface area (Å²) in [5, 5.41) is 2.64. The van der Waals surface area contributed by atoms with Crippen LogP contribution in [-0.4, -0.2) is 24.8 Å². The molecule has 1 aromatic rings. The van der Waals surface area contributed by atoms with Gasteiger partial charge in [0.2, 0.25) is 0 Å². The molecule has 0 spiro atoms. The van der Waals surface area contributed by atoms with Gasteiger partial charge in [0.15, 0.2) is 0 Å². The monoisotopic (exact) mass is 258 g/mol. The lowest BCUT2D eigenvalue weighted by Gasteiger charge is -2.23. The van der Waals surface area contributed by atoms with Crippen LogP contribution < -0.4 is 10.2 Å². The van der Waals surface area contributed by atoms with Crippen LogP contribution in [0.25, 0.3) is 0 Å². The molecule has 2 heterocycles. The Bertz CT molecular complexity index is 539. The number of hydrogen-bond donors (Lipinski definition) is 1. The van der Waals surface area contributed by atoms with Crippen LogP contribution in [0.1, 0.15) is 36.5 Å². The number of carbonyl (C=O) groups is 2. The first-order valence-electron chi connectivity index (χ1n) is 6.90. The van der Waals surface area contributed by atoms with E-state index in [0.29, 0.717) is 11.3 Å².